The molecule has 0 aromatic heterocycles. The molecule has 3 aliphatic rings. The summed E-state index contributed by atoms with van der Waals surface area (Å²) in [6, 6.07) is 11.6. The van der Waals surface area contributed by atoms with Crippen LogP contribution >= 0.6 is 0 Å². The number of fused-ring (bicyclic) bond motifs is 4. The standard InChI is InChI=1S/C29H36N2O4/c1-4-34-24-17-19-15-16-31-27(23(19)18-25(24)35-5-2)26(21-13-9-10-14-22(21)28(31)32)29(33)30(3)20-11-7-6-8-12-20/h9-10,13-14,17-18,20,26-27H,4-8,11-12,15-16H2,1-3H3/t26-,27+/m1/s1. The average Bonchev–Trinajstić information content (AvgIpc) is 2.89. The molecule has 0 N–H and O–H groups in total. The third kappa shape index (κ3) is 4.17. The predicted octanol–water partition coefficient (Wildman–Crippen LogP) is 5.11. The summed E-state index contributed by atoms with van der Waals surface area (Å²) in [4.78, 5) is 31.8. The Bertz CT molecular complexity index is 1110. The van der Waals surface area contributed by atoms with Gasteiger partial charge in [0, 0.05) is 25.2 Å². The number of likely N-dealkylation sites (N-methyl/N-ethyl adjacent to an activating group) is 1. The highest BCUT2D eigenvalue weighted by atomic mass is 16.5. The van der Waals surface area contributed by atoms with Crippen molar-refractivity contribution in [1.29, 1.82) is 0 Å². The van der Waals surface area contributed by atoms with Crippen molar-refractivity contribution in [3.05, 3.63) is 58.7 Å². The van der Waals surface area contributed by atoms with Gasteiger partial charge in [0.1, 0.15) is 0 Å². The van der Waals surface area contributed by atoms with Gasteiger partial charge in [0.15, 0.2) is 11.5 Å². The Hall–Kier alpha value is -3.02. The summed E-state index contributed by atoms with van der Waals surface area (Å²) in [6.45, 7) is 5.56. The monoisotopic (exact) mass is 476 g/mol. The fraction of sp³-hybridized carbons (Fsp3) is 0.517. The molecule has 6 heteroatoms. The van der Waals surface area contributed by atoms with Gasteiger partial charge in [-0.05, 0) is 68.0 Å². The molecule has 2 amide bonds. The van der Waals surface area contributed by atoms with Crippen LogP contribution in [0, 0.1) is 0 Å². The Morgan fingerprint density at radius 1 is 1.00 bits per heavy atom. The maximum Gasteiger partial charge on any atom is 0.254 e. The maximum atomic E-state index is 14.2. The van der Waals surface area contributed by atoms with Gasteiger partial charge in [-0.2, -0.15) is 0 Å². The molecular formula is C29H36N2O4. The van der Waals surface area contributed by atoms with Gasteiger partial charge < -0.3 is 19.3 Å². The minimum Gasteiger partial charge on any atom is -0.490 e. The molecule has 0 bridgehead atoms. The molecule has 0 radical (unpaired) electrons. The Morgan fingerprint density at radius 3 is 2.40 bits per heavy atom. The van der Waals surface area contributed by atoms with Crippen molar-refractivity contribution < 1.29 is 19.1 Å². The van der Waals surface area contributed by atoms with E-state index in [4.69, 9.17) is 9.47 Å². The second-order valence-electron chi connectivity index (χ2n) is 9.86. The van der Waals surface area contributed by atoms with E-state index in [0.29, 0.717) is 31.1 Å². The highest BCUT2D eigenvalue weighted by molar-refractivity contribution is 6.01. The Kier molecular flexibility index (Phi) is 6.72. The molecule has 2 heterocycles. The van der Waals surface area contributed by atoms with E-state index in [1.807, 2.05) is 61.0 Å². The lowest BCUT2D eigenvalue weighted by Gasteiger charge is -2.47. The van der Waals surface area contributed by atoms with Crippen molar-refractivity contribution >= 4 is 11.8 Å². The van der Waals surface area contributed by atoms with Crippen LogP contribution in [0.25, 0.3) is 0 Å². The lowest BCUT2D eigenvalue weighted by Crippen LogP contribution is -2.51. The minimum absolute atomic E-state index is 0.00691. The van der Waals surface area contributed by atoms with Crippen LogP contribution in [0.4, 0.5) is 0 Å². The zero-order valence-corrected chi connectivity index (χ0v) is 21.1. The number of nitrogens with zero attached hydrogens (tertiary/aromatic N) is 2. The second kappa shape index (κ2) is 9.92. The molecule has 0 unspecified atom stereocenters. The molecule has 1 saturated carbocycles. The smallest absolute Gasteiger partial charge is 0.254 e. The first kappa shape index (κ1) is 23.7. The molecule has 0 saturated heterocycles. The first-order chi connectivity index (χ1) is 17.0. The Labute approximate surface area is 208 Å². The van der Waals surface area contributed by atoms with Crippen LogP contribution in [0.5, 0.6) is 11.5 Å². The second-order valence-corrected chi connectivity index (χ2v) is 9.86. The molecule has 186 valence electrons. The van der Waals surface area contributed by atoms with E-state index in [-0.39, 0.29) is 23.9 Å². The zero-order valence-electron chi connectivity index (χ0n) is 21.1. The van der Waals surface area contributed by atoms with E-state index < -0.39 is 5.92 Å². The summed E-state index contributed by atoms with van der Waals surface area (Å²) < 4.78 is 11.8. The van der Waals surface area contributed by atoms with E-state index >= 15 is 0 Å². The number of amides is 2. The molecule has 35 heavy (non-hydrogen) atoms. The van der Waals surface area contributed by atoms with Gasteiger partial charge in [0.2, 0.25) is 5.91 Å². The van der Waals surface area contributed by atoms with Crippen molar-refractivity contribution in [2.45, 2.75) is 70.4 Å². The molecule has 0 spiro atoms. The van der Waals surface area contributed by atoms with Gasteiger partial charge in [-0.25, -0.2) is 0 Å². The summed E-state index contributed by atoms with van der Waals surface area (Å²) in [7, 11) is 1.95. The fourth-order valence-electron chi connectivity index (χ4n) is 6.20. The van der Waals surface area contributed by atoms with Gasteiger partial charge in [0.25, 0.3) is 5.91 Å². The van der Waals surface area contributed by atoms with Crippen LogP contribution in [0.3, 0.4) is 0 Å². The predicted molar refractivity (Wildman–Crippen MR) is 135 cm³/mol. The third-order valence-electron chi connectivity index (χ3n) is 7.92. The van der Waals surface area contributed by atoms with Crippen molar-refractivity contribution in [2.24, 2.45) is 0 Å². The number of ether oxygens (including phenoxy) is 2. The topological polar surface area (TPSA) is 59.1 Å². The van der Waals surface area contributed by atoms with Crippen LogP contribution in [0.15, 0.2) is 36.4 Å². The molecule has 6 nitrogen and oxygen atoms in total. The van der Waals surface area contributed by atoms with Crippen LogP contribution in [0.1, 0.15) is 85.0 Å². The van der Waals surface area contributed by atoms with E-state index in [0.717, 1.165) is 41.7 Å². The molecule has 2 aromatic rings. The van der Waals surface area contributed by atoms with Crippen molar-refractivity contribution in [1.82, 2.24) is 9.80 Å². The highest BCUT2D eigenvalue weighted by Crippen LogP contribution is 2.49. The third-order valence-corrected chi connectivity index (χ3v) is 7.92. The molecule has 5 rings (SSSR count). The normalized spacial score (nSPS) is 21.6. The average molecular weight is 477 g/mol. The summed E-state index contributed by atoms with van der Waals surface area (Å²) in [6.07, 6.45) is 6.40. The maximum absolute atomic E-state index is 14.2. The molecule has 1 fully saturated rings. The van der Waals surface area contributed by atoms with Crippen molar-refractivity contribution in [3.63, 3.8) is 0 Å². The van der Waals surface area contributed by atoms with Crippen molar-refractivity contribution in [3.8, 4) is 11.5 Å². The summed E-state index contributed by atoms with van der Waals surface area (Å²) in [5, 5.41) is 0. The van der Waals surface area contributed by atoms with Crippen LogP contribution in [-0.2, 0) is 11.2 Å². The van der Waals surface area contributed by atoms with E-state index in [1.54, 1.807) is 0 Å². The first-order valence-corrected chi connectivity index (χ1v) is 13.1. The number of carbonyl (C=O) groups is 2. The summed E-state index contributed by atoms with van der Waals surface area (Å²) in [5.41, 5.74) is 3.62. The van der Waals surface area contributed by atoms with Gasteiger partial charge in [0.05, 0.1) is 25.2 Å². The fourth-order valence-corrected chi connectivity index (χ4v) is 6.20. The molecule has 1 aliphatic carbocycles. The van der Waals surface area contributed by atoms with Gasteiger partial charge >= 0.3 is 0 Å². The molecule has 2 atom stereocenters. The molecule has 2 aliphatic heterocycles. The largest absolute Gasteiger partial charge is 0.490 e. The number of benzene rings is 2. The Morgan fingerprint density at radius 2 is 1.69 bits per heavy atom. The first-order valence-electron chi connectivity index (χ1n) is 13.1. The van der Waals surface area contributed by atoms with Crippen LogP contribution in [0.2, 0.25) is 0 Å². The summed E-state index contributed by atoms with van der Waals surface area (Å²) >= 11 is 0. The number of carbonyl (C=O) groups excluding carboxylic acids is 2. The van der Waals surface area contributed by atoms with Gasteiger partial charge in [-0.15, -0.1) is 0 Å². The van der Waals surface area contributed by atoms with E-state index in [9.17, 15) is 9.59 Å². The molecular weight excluding hydrogens is 440 g/mol. The minimum atomic E-state index is -0.442. The lowest BCUT2D eigenvalue weighted by atomic mass is 9.75. The highest BCUT2D eigenvalue weighted by Gasteiger charge is 2.48. The van der Waals surface area contributed by atoms with Gasteiger partial charge in [-0.3, -0.25) is 9.59 Å². The number of hydrogen-bond donors (Lipinski definition) is 0. The van der Waals surface area contributed by atoms with E-state index in [2.05, 4.69) is 6.07 Å². The summed E-state index contributed by atoms with van der Waals surface area (Å²) in [5.74, 6) is 1.07. The van der Waals surface area contributed by atoms with E-state index in [1.165, 1.54) is 19.3 Å². The number of hydrogen-bond acceptors (Lipinski definition) is 4. The van der Waals surface area contributed by atoms with Crippen LogP contribution in [-0.4, -0.2) is 54.5 Å². The number of rotatable bonds is 6. The lowest BCUT2D eigenvalue weighted by molar-refractivity contribution is -0.136. The SMILES string of the molecule is CCOc1cc2c(cc1OCC)[C@H]1[C@H](C(=O)N(C)C3CCCCC3)c3ccccc3C(=O)N1CC2. The van der Waals surface area contributed by atoms with Gasteiger partial charge in [-0.1, -0.05) is 37.5 Å². The van der Waals surface area contributed by atoms with Crippen molar-refractivity contribution in [2.75, 3.05) is 26.8 Å². The van der Waals surface area contributed by atoms with Crippen LogP contribution < -0.4 is 9.47 Å². The Balaban J connectivity index is 1.63. The quantitative estimate of drug-likeness (QED) is 0.581. The zero-order chi connectivity index (χ0) is 24.5. The molecule has 2 aromatic carbocycles.